The van der Waals surface area contributed by atoms with Crippen molar-refractivity contribution in [2.75, 3.05) is 11.9 Å². The summed E-state index contributed by atoms with van der Waals surface area (Å²) in [4.78, 5) is 10.9. The summed E-state index contributed by atoms with van der Waals surface area (Å²) in [5.74, 6) is -1.15. The van der Waals surface area contributed by atoms with E-state index in [1.54, 1.807) is 13.0 Å². The Morgan fingerprint density at radius 2 is 2.12 bits per heavy atom. The van der Waals surface area contributed by atoms with Gasteiger partial charge in [0.05, 0.1) is 5.56 Å². The molecule has 4 nitrogen and oxygen atoms in total. The maximum Gasteiger partial charge on any atom is 0.337 e. The maximum atomic E-state index is 12.1. The number of halogens is 2. The van der Waals surface area contributed by atoms with Gasteiger partial charge in [-0.15, -0.1) is 0 Å². The molecule has 1 rings (SSSR count). The summed E-state index contributed by atoms with van der Waals surface area (Å²) >= 11 is 0. The fourth-order valence-electron chi connectivity index (χ4n) is 1.29. The minimum atomic E-state index is -2.86. The largest absolute Gasteiger partial charge is 0.478 e. The molecule has 3 N–H and O–H groups in total. The first-order valence-corrected chi connectivity index (χ1v) is 4.96. The van der Waals surface area contributed by atoms with Gasteiger partial charge in [-0.1, -0.05) is 6.07 Å². The van der Waals surface area contributed by atoms with E-state index in [1.165, 1.54) is 12.1 Å². The number of nitrogens with one attached hydrogen (secondary N) is 1. The Balaban J connectivity index is 2.82. The SMILES string of the molecule is Cc1ccc(C(=O)O)c(NCC(O)C(F)F)c1. The normalized spacial score (nSPS) is 12.5. The van der Waals surface area contributed by atoms with E-state index in [9.17, 15) is 13.6 Å². The van der Waals surface area contributed by atoms with Gasteiger partial charge in [-0.3, -0.25) is 0 Å². The Bertz CT molecular complexity index is 410. The van der Waals surface area contributed by atoms with Crippen LogP contribution < -0.4 is 5.32 Å². The molecule has 0 amide bonds. The van der Waals surface area contributed by atoms with Gasteiger partial charge in [-0.25, -0.2) is 13.6 Å². The second-order valence-corrected chi connectivity index (χ2v) is 3.64. The molecule has 0 aliphatic carbocycles. The molecule has 0 aromatic heterocycles. The Labute approximate surface area is 96.9 Å². The third-order valence-corrected chi connectivity index (χ3v) is 2.20. The van der Waals surface area contributed by atoms with Gasteiger partial charge in [0, 0.05) is 12.2 Å². The topological polar surface area (TPSA) is 69.6 Å². The summed E-state index contributed by atoms with van der Waals surface area (Å²) in [6.07, 6.45) is -4.68. The van der Waals surface area contributed by atoms with Crippen molar-refractivity contribution >= 4 is 11.7 Å². The van der Waals surface area contributed by atoms with Crippen LogP contribution in [0.3, 0.4) is 0 Å². The number of rotatable bonds is 5. The summed E-state index contributed by atoms with van der Waals surface area (Å²) < 4.78 is 24.1. The molecule has 0 aliphatic heterocycles. The van der Waals surface area contributed by atoms with Gasteiger partial charge in [0.2, 0.25) is 0 Å². The van der Waals surface area contributed by atoms with E-state index in [0.717, 1.165) is 5.56 Å². The molecule has 6 heteroatoms. The first-order chi connectivity index (χ1) is 7.91. The summed E-state index contributed by atoms with van der Waals surface area (Å²) in [5.41, 5.74) is 0.998. The first-order valence-electron chi connectivity index (χ1n) is 4.96. The lowest BCUT2D eigenvalue weighted by Gasteiger charge is -2.14. The highest BCUT2D eigenvalue weighted by atomic mass is 19.3. The molecule has 0 aliphatic rings. The molecule has 0 saturated carbocycles. The summed E-state index contributed by atoms with van der Waals surface area (Å²) in [6, 6.07) is 4.52. The number of anilines is 1. The minimum Gasteiger partial charge on any atom is -0.478 e. The highest BCUT2D eigenvalue weighted by molar-refractivity contribution is 5.94. The molecule has 1 aromatic rings. The van der Waals surface area contributed by atoms with Crippen molar-refractivity contribution in [2.24, 2.45) is 0 Å². The summed E-state index contributed by atoms with van der Waals surface area (Å²) in [7, 11) is 0. The van der Waals surface area contributed by atoms with Gasteiger partial charge >= 0.3 is 5.97 Å². The van der Waals surface area contributed by atoms with Crippen LogP contribution in [0.1, 0.15) is 15.9 Å². The Hall–Kier alpha value is -1.69. The number of benzene rings is 1. The number of hydrogen-bond acceptors (Lipinski definition) is 3. The predicted molar refractivity (Wildman–Crippen MR) is 58.6 cm³/mol. The lowest BCUT2D eigenvalue weighted by molar-refractivity contribution is 0.00384. The number of carboxylic acids is 1. The van der Waals surface area contributed by atoms with Crippen LogP contribution in [0, 0.1) is 6.92 Å². The molecule has 17 heavy (non-hydrogen) atoms. The molecule has 1 unspecified atom stereocenters. The number of aliphatic hydroxyl groups excluding tert-OH is 1. The Morgan fingerprint density at radius 3 is 2.65 bits per heavy atom. The highest BCUT2D eigenvalue weighted by Crippen LogP contribution is 2.18. The highest BCUT2D eigenvalue weighted by Gasteiger charge is 2.17. The number of aliphatic hydroxyl groups is 1. The van der Waals surface area contributed by atoms with Crippen LogP contribution in [0.2, 0.25) is 0 Å². The van der Waals surface area contributed by atoms with Gasteiger partial charge in [-0.2, -0.15) is 0 Å². The number of carbonyl (C=O) groups is 1. The number of hydrogen-bond donors (Lipinski definition) is 3. The smallest absolute Gasteiger partial charge is 0.337 e. The number of aromatic carboxylic acids is 1. The average Bonchev–Trinajstić information content (AvgIpc) is 2.25. The van der Waals surface area contributed by atoms with Crippen molar-refractivity contribution in [3.8, 4) is 0 Å². The van der Waals surface area contributed by atoms with Crippen molar-refractivity contribution in [1.82, 2.24) is 0 Å². The second-order valence-electron chi connectivity index (χ2n) is 3.64. The first kappa shape index (κ1) is 13.4. The third kappa shape index (κ3) is 3.67. The molecular weight excluding hydrogens is 232 g/mol. The fourth-order valence-corrected chi connectivity index (χ4v) is 1.29. The summed E-state index contributed by atoms with van der Waals surface area (Å²) in [5, 5.41) is 20.3. The van der Waals surface area contributed by atoms with E-state index in [2.05, 4.69) is 5.32 Å². The molecule has 0 bridgehead atoms. The second kappa shape index (κ2) is 5.58. The van der Waals surface area contributed by atoms with Crippen molar-refractivity contribution in [3.05, 3.63) is 29.3 Å². The van der Waals surface area contributed by atoms with Gasteiger partial charge in [0.1, 0.15) is 6.10 Å². The minimum absolute atomic E-state index is 0.0166. The van der Waals surface area contributed by atoms with Crippen LogP contribution in [0.4, 0.5) is 14.5 Å². The predicted octanol–water partition coefficient (Wildman–Crippen LogP) is 1.73. The zero-order valence-electron chi connectivity index (χ0n) is 9.15. The van der Waals surface area contributed by atoms with Gasteiger partial charge < -0.3 is 15.5 Å². The van der Waals surface area contributed by atoms with Gasteiger partial charge in [-0.05, 0) is 24.6 Å². The third-order valence-electron chi connectivity index (χ3n) is 2.20. The van der Waals surface area contributed by atoms with Gasteiger partial charge in [0.15, 0.2) is 0 Å². The van der Waals surface area contributed by atoms with Crippen LogP contribution in [0.25, 0.3) is 0 Å². The van der Waals surface area contributed by atoms with Crippen LogP contribution >= 0.6 is 0 Å². The quantitative estimate of drug-likeness (QED) is 0.739. The summed E-state index contributed by atoms with van der Waals surface area (Å²) in [6.45, 7) is 1.35. The lowest BCUT2D eigenvalue weighted by Crippen LogP contribution is -2.27. The van der Waals surface area contributed by atoms with E-state index in [0.29, 0.717) is 0 Å². The monoisotopic (exact) mass is 245 g/mol. The number of alkyl halides is 2. The Morgan fingerprint density at radius 1 is 1.47 bits per heavy atom. The Kier molecular flexibility index (Phi) is 4.39. The fraction of sp³-hybridized carbons (Fsp3) is 0.364. The standard InChI is InChI=1S/C11H13F2NO3/c1-6-2-3-7(11(16)17)8(4-6)14-5-9(15)10(12)13/h2-4,9-10,14-15H,5H2,1H3,(H,16,17). The molecule has 0 heterocycles. The van der Waals surface area contributed by atoms with E-state index < -0.39 is 25.0 Å². The van der Waals surface area contributed by atoms with E-state index in [4.69, 9.17) is 10.2 Å². The molecule has 0 spiro atoms. The van der Waals surface area contributed by atoms with Crippen LogP contribution in [-0.4, -0.2) is 35.3 Å². The molecule has 1 aromatic carbocycles. The molecule has 1 atom stereocenters. The molecule has 94 valence electrons. The average molecular weight is 245 g/mol. The van der Waals surface area contributed by atoms with Crippen LogP contribution in [-0.2, 0) is 0 Å². The van der Waals surface area contributed by atoms with Crippen LogP contribution in [0.15, 0.2) is 18.2 Å². The van der Waals surface area contributed by atoms with Crippen molar-refractivity contribution in [1.29, 1.82) is 0 Å². The molecule has 0 fully saturated rings. The van der Waals surface area contributed by atoms with Crippen LogP contribution in [0.5, 0.6) is 0 Å². The molecule has 0 radical (unpaired) electrons. The van der Waals surface area contributed by atoms with E-state index in [-0.39, 0.29) is 11.3 Å². The number of carboxylic acid groups (broad SMARTS) is 1. The van der Waals surface area contributed by atoms with Crippen molar-refractivity contribution in [2.45, 2.75) is 19.5 Å². The lowest BCUT2D eigenvalue weighted by atomic mass is 10.1. The van der Waals surface area contributed by atoms with Crippen molar-refractivity contribution in [3.63, 3.8) is 0 Å². The molecular formula is C11H13F2NO3. The van der Waals surface area contributed by atoms with Gasteiger partial charge in [0.25, 0.3) is 6.43 Å². The molecule has 0 saturated heterocycles. The zero-order valence-corrected chi connectivity index (χ0v) is 9.15. The van der Waals surface area contributed by atoms with E-state index in [1.807, 2.05) is 0 Å². The van der Waals surface area contributed by atoms with Crippen molar-refractivity contribution < 1.29 is 23.8 Å². The number of aryl methyl sites for hydroxylation is 1. The zero-order chi connectivity index (χ0) is 13.0. The maximum absolute atomic E-state index is 12.1. The van der Waals surface area contributed by atoms with E-state index >= 15 is 0 Å².